The lowest BCUT2D eigenvalue weighted by Gasteiger charge is -2.59. The molecule has 0 aliphatic carbocycles. The minimum atomic E-state index is 0.353. The van der Waals surface area contributed by atoms with Gasteiger partial charge in [0.05, 0.1) is 0 Å². The van der Waals surface area contributed by atoms with Crippen LogP contribution in [0.4, 0.5) is 0 Å². The van der Waals surface area contributed by atoms with E-state index in [4.69, 9.17) is 14.2 Å². The van der Waals surface area contributed by atoms with Gasteiger partial charge in [-0.25, -0.2) is 0 Å². The average molecular weight is 351 g/mol. The number of ether oxygens (including phenoxy) is 3. The van der Waals surface area contributed by atoms with Crippen LogP contribution in [-0.4, -0.2) is 37.9 Å². The maximum atomic E-state index is 5.93. The smallest absolute Gasteiger partial charge is 0.165 e. The van der Waals surface area contributed by atoms with Crippen LogP contribution in [0.1, 0.15) is 30.0 Å². The fourth-order valence-corrected chi connectivity index (χ4v) is 4.89. The standard InChI is InChI=1S/C22H25NO3/c1-2-5-17(6-3-1)21-22(9-11-24-12-10-22)16-23(21)15-18-7-4-8-19-20(18)26-14-13-25-19/h1-8,21H,9-16H2. The number of para-hydroxylation sites is 1. The lowest BCUT2D eigenvalue weighted by molar-refractivity contribution is -0.139. The second-order valence-electron chi connectivity index (χ2n) is 7.63. The van der Waals surface area contributed by atoms with Crippen LogP contribution in [0, 0.1) is 5.41 Å². The molecular weight excluding hydrogens is 326 g/mol. The Balaban J connectivity index is 1.44. The summed E-state index contributed by atoms with van der Waals surface area (Å²) in [6.45, 7) is 5.06. The minimum absolute atomic E-state index is 0.353. The van der Waals surface area contributed by atoms with Crippen molar-refractivity contribution in [3.05, 3.63) is 59.7 Å². The van der Waals surface area contributed by atoms with E-state index in [-0.39, 0.29) is 0 Å². The topological polar surface area (TPSA) is 30.9 Å². The van der Waals surface area contributed by atoms with E-state index in [1.54, 1.807) is 0 Å². The van der Waals surface area contributed by atoms with Crippen molar-refractivity contribution < 1.29 is 14.2 Å². The van der Waals surface area contributed by atoms with Crippen LogP contribution in [0.5, 0.6) is 11.5 Å². The summed E-state index contributed by atoms with van der Waals surface area (Å²) in [6, 6.07) is 17.6. The summed E-state index contributed by atoms with van der Waals surface area (Å²) < 4.78 is 17.3. The molecule has 2 saturated heterocycles. The van der Waals surface area contributed by atoms with Gasteiger partial charge < -0.3 is 14.2 Å². The molecule has 136 valence electrons. The fourth-order valence-electron chi connectivity index (χ4n) is 4.89. The number of likely N-dealkylation sites (tertiary alicyclic amines) is 1. The highest BCUT2D eigenvalue weighted by Gasteiger charge is 2.53. The molecule has 2 fully saturated rings. The van der Waals surface area contributed by atoms with Crippen molar-refractivity contribution in [2.24, 2.45) is 5.41 Å². The molecule has 0 bridgehead atoms. The molecular formula is C22H25NO3. The SMILES string of the molecule is c1ccc(C2N(Cc3cccc4c3OCCO4)CC23CCOCC3)cc1. The molecule has 1 unspecified atom stereocenters. The lowest BCUT2D eigenvalue weighted by Crippen LogP contribution is -2.59. The van der Waals surface area contributed by atoms with Gasteiger partial charge in [0, 0.05) is 43.3 Å². The highest BCUT2D eigenvalue weighted by Crippen LogP contribution is 2.55. The Hall–Kier alpha value is -2.04. The predicted molar refractivity (Wildman–Crippen MR) is 99.5 cm³/mol. The summed E-state index contributed by atoms with van der Waals surface area (Å²) in [7, 11) is 0. The van der Waals surface area contributed by atoms with Gasteiger partial charge in [-0.2, -0.15) is 0 Å². The molecule has 3 aliphatic rings. The first-order valence-electron chi connectivity index (χ1n) is 9.60. The Morgan fingerprint density at radius 1 is 0.885 bits per heavy atom. The van der Waals surface area contributed by atoms with Crippen LogP contribution >= 0.6 is 0 Å². The molecule has 0 aromatic heterocycles. The zero-order valence-corrected chi connectivity index (χ0v) is 15.0. The van der Waals surface area contributed by atoms with Crippen molar-refractivity contribution in [2.45, 2.75) is 25.4 Å². The Morgan fingerprint density at radius 3 is 2.54 bits per heavy atom. The van der Waals surface area contributed by atoms with E-state index >= 15 is 0 Å². The van der Waals surface area contributed by atoms with Crippen molar-refractivity contribution in [2.75, 3.05) is 33.0 Å². The van der Waals surface area contributed by atoms with Gasteiger partial charge in [0.2, 0.25) is 0 Å². The summed E-state index contributed by atoms with van der Waals surface area (Å²) >= 11 is 0. The normalized spacial score (nSPS) is 24.2. The van der Waals surface area contributed by atoms with E-state index in [1.807, 2.05) is 6.07 Å². The van der Waals surface area contributed by atoms with Crippen LogP contribution in [0.15, 0.2) is 48.5 Å². The van der Waals surface area contributed by atoms with E-state index < -0.39 is 0 Å². The highest BCUT2D eigenvalue weighted by atomic mass is 16.6. The third kappa shape index (κ3) is 2.68. The van der Waals surface area contributed by atoms with Gasteiger partial charge in [-0.1, -0.05) is 42.5 Å². The van der Waals surface area contributed by atoms with Crippen LogP contribution in [0.2, 0.25) is 0 Å². The number of rotatable bonds is 3. The Labute approximate surface area is 154 Å². The van der Waals surface area contributed by atoms with E-state index in [0.717, 1.165) is 50.6 Å². The number of benzene rings is 2. The van der Waals surface area contributed by atoms with Crippen molar-refractivity contribution >= 4 is 0 Å². The number of nitrogens with zero attached hydrogens (tertiary/aromatic N) is 1. The summed E-state index contributed by atoms with van der Waals surface area (Å²) in [4.78, 5) is 2.59. The van der Waals surface area contributed by atoms with E-state index in [0.29, 0.717) is 24.7 Å². The Morgan fingerprint density at radius 2 is 1.69 bits per heavy atom. The van der Waals surface area contributed by atoms with Crippen molar-refractivity contribution in [3.8, 4) is 11.5 Å². The van der Waals surface area contributed by atoms with Crippen molar-refractivity contribution in [3.63, 3.8) is 0 Å². The summed E-state index contributed by atoms with van der Waals surface area (Å²) in [5.74, 6) is 1.81. The molecule has 4 heteroatoms. The molecule has 4 nitrogen and oxygen atoms in total. The first-order chi connectivity index (χ1) is 12.9. The summed E-state index contributed by atoms with van der Waals surface area (Å²) in [5.41, 5.74) is 3.00. The number of hydrogen-bond donors (Lipinski definition) is 0. The van der Waals surface area contributed by atoms with Crippen molar-refractivity contribution in [1.82, 2.24) is 4.90 Å². The fraction of sp³-hybridized carbons (Fsp3) is 0.455. The van der Waals surface area contributed by atoms with Crippen LogP contribution in [0.3, 0.4) is 0 Å². The van der Waals surface area contributed by atoms with E-state index in [9.17, 15) is 0 Å². The van der Waals surface area contributed by atoms with Crippen LogP contribution in [0.25, 0.3) is 0 Å². The summed E-state index contributed by atoms with van der Waals surface area (Å²) in [5, 5.41) is 0. The second-order valence-corrected chi connectivity index (χ2v) is 7.63. The maximum Gasteiger partial charge on any atom is 0.165 e. The van der Waals surface area contributed by atoms with Gasteiger partial charge in [0.1, 0.15) is 13.2 Å². The molecule has 2 aromatic carbocycles. The molecule has 3 aliphatic heterocycles. The molecule has 1 spiro atoms. The first-order valence-corrected chi connectivity index (χ1v) is 9.60. The van der Waals surface area contributed by atoms with Gasteiger partial charge in [-0.15, -0.1) is 0 Å². The van der Waals surface area contributed by atoms with Gasteiger partial charge in [-0.3, -0.25) is 4.90 Å². The average Bonchev–Trinajstić information content (AvgIpc) is 2.69. The minimum Gasteiger partial charge on any atom is -0.486 e. The zero-order chi connectivity index (χ0) is 17.4. The monoisotopic (exact) mass is 351 g/mol. The molecule has 3 heterocycles. The molecule has 0 amide bonds. The molecule has 26 heavy (non-hydrogen) atoms. The van der Waals surface area contributed by atoms with E-state index in [1.165, 1.54) is 11.1 Å². The number of hydrogen-bond acceptors (Lipinski definition) is 4. The molecule has 0 saturated carbocycles. The second kappa shape index (κ2) is 6.60. The Kier molecular flexibility index (Phi) is 4.10. The highest BCUT2D eigenvalue weighted by molar-refractivity contribution is 5.47. The first kappa shape index (κ1) is 16.2. The third-order valence-corrected chi connectivity index (χ3v) is 6.09. The lowest BCUT2D eigenvalue weighted by atomic mass is 9.64. The molecule has 1 atom stereocenters. The molecule has 0 N–H and O–H groups in total. The zero-order valence-electron chi connectivity index (χ0n) is 15.0. The van der Waals surface area contributed by atoms with Crippen molar-refractivity contribution in [1.29, 1.82) is 0 Å². The molecule has 2 aromatic rings. The van der Waals surface area contributed by atoms with Crippen LogP contribution in [-0.2, 0) is 11.3 Å². The quantitative estimate of drug-likeness (QED) is 0.841. The largest absolute Gasteiger partial charge is 0.486 e. The van der Waals surface area contributed by atoms with Gasteiger partial charge in [-0.05, 0) is 24.5 Å². The Bertz CT molecular complexity index is 770. The van der Waals surface area contributed by atoms with Gasteiger partial charge in [0.15, 0.2) is 11.5 Å². The van der Waals surface area contributed by atoms with Gasteiger partial charge >= 0.3 is 0 Å². The number of fused-ring (bicyclic) bond motifs is 1. The summed E-state index contributed by atoms with van der Waals surface area (Å²) in [6.07, 6.45) is 2.30. The third-order valence-electron chi connectivity index (χ3n) is 6.09. The van der Waals surface area contributed by atoms with Crippen LogP contribution < -0.4 is 9.47 Å². The van der Waals surface area contributed by atoms with Gasteiger partial charge in [0.25, 0.3) is 0 Å². The van der Waals surface area contributed by atoms with E-state index in [2.05, 4.69) is 47.4 Å². The molecule has 0 radical (unpaired) electrons. The molecule has 5 rings (SSSR count). The predicted octanol–water partition coefficient (Wildman–Crippen LogP) is 3.81. The maximum absolute atomic E-state index is 5.93.